The van der Waals surface area contributed by atoms with E-state index in [2.05, 4.69) is 16.5 Å². The lowest BCUT2D eigenvalue weighted by atomic mass is 9.94. The van der Waals surface area contributed by atoms with E-state index in [4.69, 9.17) is 14.2 Å². The number of ether oxygens (including phenoxy) is 1. The molecule has 8 heteroatoms. The van der Waals surface area contributed by atoms with Crippen LogP contribution in [0.1, 0.15) is 34.9 Å². The number of aryl methyl sites for hydroxylation is 1. The molecule has 4 aromatic rings. The van der Waals surface area contributed by atoms with Gasteiger partial charge in [0.15, 0.2) is 0 Å². The summed E-state index contributed by atoms with van der Waals surface area (Å²) in [5, 5.41) is 9.44. The predicted molar refractivity (Wildman–Crippen MR) is 136 cm³/mol. The molecule has 1 unspecified atom stereocenters. The number of carbonyl (C=O) groups is 1. The number of amides is 2. The van der Waals surface area contributed by atoms with Crippen molar-refractivity contribution in [1.29, 1.82) is 0 Å². The Labute approximate surface area is 208 Å². The fraction of sp³-hybridized carbons (Fsp3) is 0.222. The molecule has 1 atom stereocenters. The molecule has 1 aliphatic heterocycles. The monoisotopic (exact) mass is 486 g/mol. The average molecular weight is 487 g/mol. The number of hydrogen-bond acceptors (Lipinski definition) is 6. The third kappa shape index (κ3) is 4.70. The zero-order valence-electron chi connectivity index (χ0n) is 19.8. The molecule has 2 amide bonds. The lowest BCUT2D eigenvalue weighted by Gasteiger charge is -2.35. The summed E-state index contributed by atoms with van der Waals surface area (Å²) >= 11 is 1.69. The summed E-state index contributed by atoms with van der Waals surface area (Å²) in [5.41, 5.74) is 4.47. The standard InChI is InChI=1S/C27H26N4O3S/c1-17-9-11-19(12-10-17)25-29-26(34-30-25)23-18(2)31(14-13-22-8-5-15-35-22)27(32)28-24(23)20-6-4-7-21(16-20)33-3/h4-12,15-16,24H,13-14H2,1-3H3,(H,28,32). The van der Waals surface area contributed by atoms with E-state index in [9.17, 15) is 4.79 Å². The SMILES string of the molecule is COc1cccc(C2NC(=O)N(CCc3cccs3)C(C)=C2c2nc(-c3ccc(C)cc3)no2)c1. The van der Waals surface area contributed by atoms with Crippen molar-refractivity contribution < 1.29 is 14.1 Å². The molecule has 1 N–H and O–H groups in total. The Morgan fingerprint density at radius 2 is 1.94 bits per heavy atom. The van der Waals surface area contributed by atoms with Crippen LogP contribution in [0.3, 0.4) is 0 Å². The molecule has 2 aromatic heterocycles. The Morgan fingerprint density at radius 1 is 1.11 bits per heavy atom. The van der Waals surface area contributed by atoms with Gasteiger partial charge >= 0.3 is 6.03 Å². The van der Waals surface area contributed by atoms with Gasteiger partial charge in [-0.15, -0.1) is 11.3 Å². The highest BCUT2D eigenvalue weighted by atomic mass is 32.1. The molecular weight excluding hydrogens is 460 g/mol. The Bertz CT molecular complexity index is 1360. The normalized spacial score (nSPS) is 15.9. The average Bonchev–Trinajstić information content (AvgIpc) is 3.57. The summed E-state index contributed by atoms with van der Waals surface area (Å²) in [6, 6.07) is 19.1. The number of thiophene rings is 1. The van der Waals surface area contributed by atoms with Gasteiger partial charge in [-0.25, -0.2) is 4.79 Å². The highest BCUT2D eigenvalue weighted by molar-refractivity contribution is 7.09. The van der Waals surface area contributed by atoms with Crippen molar-refractivity contribution in [2.75, 3.05) is 13.7 Å². The van der Waals surface area contributed by atoms with Crippen LogP contribution in [0.15, 0.2) is 76.3 Å². The molecule has 1 aliphatic rings. The lowest BCUT2D eigenvalue weighted by molar-refractivity contribution is 0.205. The van der Waals surface area contributed by atoms with Gasteiger partial charge in [0.25, 0.3) is 5.89 Å². The highest BCUT2D eigenvalue weighted by Gasteiger charge is 2.35. The van der Waals surface area contributed by atoms with Crippen molar-refractivity contribution in [3.63, 3.8) is 0 Å². The largest absolute Gasteiger partial charge is 0.497 e. The van der Waals surface area contributed by atoms with Gasteiger partial charge in [-0.05, 0) is 49.4 Å². The molecule has 0 spiro atoms. The number of urea groups is 1. The van der Waals surface area contributed by atoms with Gasteiger partial charge in [0.1, 0.15) is 5.75 Å². The fourth-order valence-corrected chi connectivity index (χ4v) is 4.93. The fourth-order valence-electron chi connectivity index (χ4n) is 4.23. The number of hydrogen-bond donors (Lipinski definition) is 1. The van der Waals surface area contributed by atoms with E-state index in [-0.39, 0.29) is 6.03 Å². The molecule has 0 fully saturated rings. The van der Waals surface area contributed by atoms with Gasteiger partial charge in [-0.1, -0.05) is 53.2 Å². The molecule has 2 aromatic carbocycles. The number of nitrogens with one attached hydrogen (secondary N) is 1. The van der Waals surface area contributed by atoms with E-state index in [1.54, 1.807) is 23.3 Å². The quantitative estimate of drug-likeness (QED) is 0.354. The number of rotatable bonds is 7. The van der Waals surface area contributed by atoms with Crippen molar-refractivity contribution in [3.05, 3.63) is 93.6 Å². The minimum absolute atomic E-state index is 0.158. The molecule has 0 bridgehead atoms. The summed E-state index contributed by atoms with van der Waals surface area (Å²) in [6.07, 6.45) is 0.762. The number of aromatic nitrogens is 2. The molecule has 7 nitrogen and oxygen atoms in total. The minimum Gasteiger partial charge on any atom is -0.497 e. The number of carbonyl (C=O) groups excluding carboxylic acids is 1. The Hall–Kier alpha value is -3.91. The maximum atomic E-state index is 13.2. The van der Waals surface area contributed by atoms with E-state index >= 15 is 0 Å². The van der Waals surface area contributed by atoms with Crippen molar-refractivity contribution in [3.8, 4) is 17.1 Å². The van der Waals surface area contributed by atoms with Crippen LogP contribution in [0, 0.1) is 6.92 Å². The van der Waals surface area contributed by atoms with Crippen molar-refractivity contribution in [1.82, 2.24) is 20.4 Å². The maximum absolute atomic E-state index is 13.2. The zero-order chi connectivity index (χ0) is 24.4. The van der Waals surface area contributed by atoms with Crippen molar-refractivity contribution in [2.45, 2.75) is 26.3 Å². The van der Waals surface area contributed by atoms with Crippen LogP contribution in [0.4, 0.5) is 4.79 Å². The molecule has 0 saturated carbocycles. The number of methoxy groups -OCH3 is 1. The Morgan fingerprint density at radius 3 is 2.69 bits per heavy atom. The van der Waals surface area contributed by atoms with Gasteiger partial charge < -0.3 is 14.6 Å². The first-order valence-electron chi connectivity index (χ1n) is 11.4. The van der Waals surface area contributed by atoms with Crippen LogP contribution in [0.5, 0.6) is 5.75 Å². The first kappa shape index (κ1) is 22.9. The van der Waals surface area contributed by atoms with Crippen molar-refractivity contribution in [2.24, 2.45) is 0 Å². The predicted octanol–water partition coefficient (Wildman–Crippen LogP) is 5.86. The van der Waals surface area contributed by atoms with E-state index in [1.165, 1.54) is 4.88 Å². The number of nitrogens with zero attached hydrogens (tertiary/aromatic N) is 3. The molecule has 0 radical (unpaired) electrons. The first-order valence-corrected chi connectivity index (χ1v) is 12.3. The summed E-state index contributed by atoms with van der Waals surface area (Å²) < 4.78 is 11.2. The van der Waals surface area contributed by atoms with Gasteiger partial charge in [-0.2, -0.15) is 4.98 Å². The second kappa shape index (κ2) is 9.76. The topological polar surface area (TPSA) is 80.5 Å². The van der Waals surface area contributed by atoms with Gasteiger partial charge in [0.05, 0.1) is 18.7 Å². The van der Waals surface area contributed by atoms with Crippen LogP contribution in [-0.2, 0) is 6.42 Å². The third-order valence-electron chi connectivity index (χ3n) is 6.15. The molecule has 5 rings (SSSR count). The van der Waals surface area contributed by atoms with Gasteiger partial charge in [0.2, 0.25) is 5.82 Å². The highest BCUT2D eigenvalue weighted by Crippen LogP contribution is 2.38. The van der Waals surface area contributed by atoms with Crippen LogP contribution < -0.4 is 10.1 Å². The van der Waals surface area contributed by atoms with Crippen LogP contribution in [-0.4, -0.2) is 34.7 Å². The molecule has 3 heterocycles. The molecular formula is C27H26N4O3S. The van der Waals surface area contributed by atoms with E-state index in [0.717, 1.165) is 34.4 Å². The zero-order valence-corrected chi connectivity index (χ0v) is 20.6. The second-order valence-corrected chi connectivity index (χ2v) is 9.46. The van der Waals surface area contributed by atoms with E-state index < -0.39 is 6.04 Å². The summed E-state index contributed by atoms with van der Waals surface area (Å²) in [7, 11) is 1.62. The summed E-state index contributed by atoms with van der Waals surface area (Å²) in [5.74, 6) is 1.60. The molecule has 0 saturated heterocycles. The third-order valence-corrected chi connectivity index (χ3v) is 7.09. The van der Waals surface area contributed by atoms with Crippen LogP contribution in [0.25, 0.3) is 17.0 Å². The van der Waals surface area contributed by atoms with Gasteiger partial charge in [0, 0.05) is 22.7 Å². The second-order valence-electron chi connectivity index (χ2n) is 8.43. The molecule has 0 aliphatic carbocycles. The molecule has 178 valence electrons. The Balaban J connectivity index is 1.56. The van der Waals surface area contributed by atoms with E-state index in [0.29, 0.717) is 24.0 Å². The minimum atomic E-state index is -0.457. The number of allylic oxidation sites excluding steroid dienone is 1. The maximum Gasteiger partial charge on any atom is 0.322 e. The summed E-state index contributed by atoms with van der Waals surface area (Å²) in [4.78, 5) is 20.9. The first-order chi connectivity index (χ1) is 17.0. The van der Waals surface area contributed by atoms with E-state index in [1.807, 2.05) is 73.8 Å². The van der Waals surface area contributed by atoms with Crippen LogP contribution in [0.2, 0.25) is 0 Å². The van der Waals surface area contributed by atoms with Crippen molar-refractivity contribution >= 4 is 22.9 Å². The smallest absolute Gasteiger partial charge is 0.322 e. The summed E-state index contributed by atoms with van der Waals surface area (Å²) in [6.45, 7) is 4.52. The number of benzene rings is 2. The molecule has 35 heavy (non-hydrogen) atoms. The van der Waals surface area contributed by atoms with Crippen LogP contribution >= 0.6 is 11.3 Å². The van der Waals surface area contributed by atoms with Gasteiger partial charge in [-0.3, -0.25) is 4.90 Å². The lowest BCUT2D eigenvalue weighted by Crippen LogP contribution is -2.46. The Kier molecular flexibility index (Phi) is 6.37.